The van der Waals surface area contributed by atoms with E-state index in [1.54, 1.807) is 4.90 Å². The van der Waals surface area contributed by atoms with Crippen LogP contribution in [-0.4, -0.2) is 50.2 Å². The Hall–Kier alpha value is -0.870. The van der Waals surface area contributed by atoms with Crippen molar-refractivity contribution in [2.24, 2.45) is 0 Å². The Kier molecular flexibility index (Phi) is 5.36. The second-order valence-corrected chi connectivity index (χ2v) is 3.75. The molecule has 1 aliphatic rings. The molecule has 0 aliphatic carbocycles. The summed E-state index contributed by atoms with van der Waals surface area (Å²) in [5.74, 6) is 0.0752. The summed E-state index contributed by atoms with van der Waals surface area (Å²) in [5.41, 5.74) is 0. The number of likely N-dealkylation sites (N-methyl/N-ethyl adjacent to an activating group) is 1. The Morgan fingerprint density at radius 3 is 3.13 bits per heavy atom. The molecule has 15 heavy (non-hydrogen) atoms. The Morgan fingerprint density at radius 1 is 1.73 bits per heavy atom. The third-order valence-electron chi connectivity index (χ3n) is 2.48. The number of carbonyl (C=O) groups is 1. The summed E-state index contributed by atoms with van der Waals surface area (Å²) in [6.45, 7) is 6.51. The van der Waals surface area contributed by atoms with Gasteiger partial charge in [0, 0.05) is 26.7 Å². The summed E-state index contributed by atoms with van der Waals surface area (Å²) in [4.78, 5) is 13.6. The molecular formula is C11H20N2O2. The minimum Gasteiger partial charge on any atom is -0.366 e. The zero-order valence-electron chi connectivity index (χ0n) is 9.37. The minimum absolute atomic E-state index is 0.0752. The monoisotopic (exact) mass is 212 g/mol. The average Bonchev–Trinajstić information content (AvgIpc) is 2.29. The molecule has 1 saturated heterocycles. The van der Waals surface area contributed by atoms with Crippen LogP contribution in [0.3, 0.4) is 0 Å². The first-order valence-corrected chi connectivity index (χ1v) is 5.44. The van der Waals surface area contributed by atoms with Crippen LogP contribution in [0.25, 0.3) is 0 Å². The van der Waals surface area contributed by atoms with Gasteiger partial charge in [-0.2, -0.15) is 0 Å². The normalized spacial score (nSPS) is 21.0. The number of nitrogens with one attached hydrogen (secondary N) is 1. The van der Waals surface area contributed by atoms with E-state index < -0.39 is 0 Å². The molecule has 0 aromatic heterocycles. The number of amides is 1. The number of hydrogen-bond acceptors (Lipinski definition) is 3. The number of unbranched alkanes of at least 4 members (excludes halogenated alkanes) is 1. The van der Waals surface area contributed by atoms with Crippen molar-refractivity contribution in [3.8, 4) is 0 Å². The highest BCUT2D eigenvalue weighted by Crippen LogP contribution is 2.02. The van der Waals surface area contributed by atoms with Crippen LogP contribution in [-0.2, 0) is 9.53 Å². The molecule has 0 spiro atoms. The summed E-state index contributed by atoms with van der Waals surface area (Å²) in [6.07, 6.45) is 3.48. The SMILES string of the molecule is C=CCCCN(C)C(=O)C1CNCCO1. The molecule has 0 radical (unpaired) electrons. The number of carbonyl (C=O) groups excluding carboxylic acids is 1. The molecule has 4 nitrogen and oxygen atoms in total. The van der Waals surface area contributed by atoms with E-state index in [4.69, 9.17) is 4.74 Å². The molecule has 1 rings (SSSR count). The number of ether oxygens (including phenoxy) is 1. The van der Waals surface area contributed by atoms with Crippen LogP contribution >= 0.6 is 0 Å². The molecule has 0 bridgehead atoms. The fraction of sp³-hybridized carbons (Fsp3) is 0.727. The first kappa shape index (κ1) is 12.2. The zero-order valence-corrected chi connectivity index (χ0v) is 9.37. The fourth-order valence-corrected chi connectivity index (χ4v) is 1.55. The van der Waals surface area contributed by atoms with Crippen LogP contribution in [0, 0.1) is 0 Å². The second-order valence-electron chi connectivity index (χ2n) is 3.75. The van der Waals surface area contributed by atoms with Crippen LogP contribution in [0.2, 0.25) is 0 Å². The van der Waals surface area contributed by atoms with E-state index in [-0.39, 0.29) is 12.0 Å². The zero-order chi connectivity index (χ0) is 11.1. The molecule has 1 N–H and O–H groups in total. The summed E-state index contributed by atoms with van der Waals surface area (Å²) < 4.78 is 5.39. The van der Waals surface area contributed by atoms with Crippen molar-refractivity contribution >= 4 is 5.91 Å². The highest BCUT2D eigenvalue weighted by Gasteiger charge is 2.24. The average molecular weight is 212 g/mol. The van der Waals surface area contributed by atoms with Crippen LogP contribution in [0.15, 0.2) is 12.7 Å². The molecule has 4 heteroatoms. The van der Waals surface area contributed by atoms with Crippen molar-refractivity contribution < 1.29 is 9.53 Å². The fourth-order valence-electron chi connectivity index (χ4n) is 1.55. The van der Waals surface area contributed by atoms with Gasteiger partial charge in [0.15, 0.2) is 0 Å². The van der Waals surface area contributed by atoms with E-state index in [2.05, 4.69) is 11.9 Å². The Morgan fingerprint density at radius 2 is 2.53 bits per heavy atom. The van der Waals surface area contributed by atoms with Gasteiger partial charge in [0.1, 0.15) is 6.10 Å². The molecule has 1 fully saturated rings. The molecule has 1 aliphatic heterocycles. The maximum atomic E-state index is 11.8. The van der Waals surface area contributed by atoms with Crippen molar-refractivity contribution in [3.05, 3.63) is 12.7 Å². The van der Waals surface area contributed by atoms with Crippen LogP contribution < -0.4 is 5.32 Å². The molecule has 86 valence electrons. The summed E-state index contributed by atoms with van der Waals surface area (Å²) in [7, 11) is 1.82. The van der Waals surface area contributed by atoms with E-state index in [0.717, 1.165) is 25.9 Å². The minimum atomic E-state index is -0.299. The topological polar surface area (TPSA) is 41.6 Å². The largest absolute Gasteiger partial charge is 0.366 e. The van der Waals surface area contributed by atoms with E-state index in [0.29, 0.717) is 13.2 Å². The predicted molar refractivity (Wildman–Crippen MR) is 59.7 cm³/mol. The van der Waals surface area contributed by atoms with Gasteiger partial charge in [0.25, 0.3) is 5.91 Å². The van der Waals surface area contributed by atoms with Crippen LogP contribution in [0.5, 0.6) is 0 Å². The first-order chi connectivity index (χ1) is 7.25. The summed E-state index contributed by atoms with van der Waals surface area (Å²) >= 11 is 0. The molecule has 0 aromatic carbocycles. The van der Waals surface area contributed by atoms with E-state index in [1.807, 2.05) is 13.1 Å². The molecule has 1 unspecified atom stereocenters. The Balaban J connectivity index is 2.27. The molecular weight excluding hydrogens is 192 g/mol. The van der Waals surface area contributed by atoms with Gasteiger partial charge in [0.2, 0.25) is 0 Å². The van der Waals surface area contributed by atoms with E-state index in [9.17, 15) is 4.79 Å². The van der Waals surface area contributed by atoms with Crippen LogP contribution in [0.1, 0.15) is 12.8 Å². The Labute approximate surface area is 91.3 Å². The van der Waals surface area contributed by atoms with Gasteiger partial charge < -0.3 is 15.0 Å². The Bertz CT molecular complexity index is 213. The van der Waals surface area contributed by atoms with Gasteiger partial charge in [-0.3, -0.25) is 4.79 Å². The molecule has 1 heterocycles. The van der Waals surface area contributed by atoms with Crippen molar-refractivity contribution in [3.63, 3.8) is 0 Å². The number of morpholine rings is 1. The van der Waals surface area contributed by atoms with Gasteiger partial charge in [-0.05, 0) is 12.8 Å². The van der Waals surface area contributed by atoms with Gasteiger partial charge in [-0.25, -0.2) is 0 Å². The van der Waals surface area contributed by atoms with Crippen molar-refractivity contribution in [1.82, 2.24) is 10.2 Å². The van der Waals surface area contributed by atoms with Crippen molar-refractivity contribution in [2.45, 2.75) is 18.9 Å². The lowest BCUT2D eigenvalue weighted by molar-refractivity contribution is -0.143. The lowest BCUT2D eigenvalue weighted by atomic mass is 10.2. The van der Waals surface area contributed by atoms with Crippen molar-refractivity contribution in [2.75, 3.05) is 33.3 Å². The quantitative estimate of drug-likeness (QED) is 0.530. The van der Waals surface area contributed by atoms with E-state index >= 15 is 0 Å². The highest BCUT2D eigenvalue weighted by atomic mass is 16.5. The van der Waals surface area contributed by atoms with Crippen molar-refractivity contribution in [1.29, 1.82) is 0 Å². The first-order valence-electron chi connectivity index (χ1n) is 5.44. The van der Waals surface area contributed by atoms with Gasteiger partial charge in [0.05, 0.1) is 6.61 Å². The van der Waals surface area contributed by atoms with Gasteiger partial charge in [-0.1, -0.05) is 6.08 Å². The molecule has 1 amide bonds. The molecule has 0 aromatic rings. The third kappa shape index (κ3) is 4.01. The third-order valence-corrected chi connectivity index (χ3v) is 2.48. The highest BCUT2D eigenvalue weighted by molar-refractivity contribution is 5.81. The maximum absolute atomic E-state index is 11.8. The van der Waals surface area contributed by atoms with Gasteiger partial charge in [-0.15, -0.1) is 6.58 Å². The number of rotatable bonds is 5. The van der Waals surface area contributed by atoms with Gasteiger partial charge >= 0.3 is 0 Å². The second kappa shape index (κ2) is 6.58. The summed E-state index contributed by atoms with van der Waals surface area (Å²) in [5, 5.41) is 3.15. The number of hydrogen-bond donors (Lipinski definition) is 1. The van der Waals surface area contributed by atoms with Crippen LogP contribution in [0.4, 0.5) is 0 Å². The lowest BCUT2D eigenvalue weighted by Crippen LogP contribution is -2.48. The van der Waals surface area contributed by atoms with E-state index in [1.165, 1.54) is 0 Å². The summed E-state index contributed by atoms with van der Waals surface area (Å²) in [6, 6.07) is 0. The number of nitrogens with zero attached hydrogens (tertiary/aromatic N) is 1. The molecule has 0 saturated carbocycles. The molecule has 1 atom stereocenters. The maximum Gasteiger partial charge on any atom is 0.252 e. The number of allylic oxidation sites excluding steroid dienone is 1. The predicted octanol–water partition coefficient (Wildman–Crippen LogP) is 0.399. The smallest absolute Gasteiger partial charge is 0.252 e. The lowest BCUT2D eigenvalue weighted by Gasteiger charge is -2.27. The standard InChI is InChI=1S/C11H20N2O2/c1-3-4-5-7-13(2)11(14)10-9-12-6-8-15-10/h3,10,12H,1,4-9H2,2H3.